The van der Waals surface area contributed by atoms with Crippen molar-refractivity contribution in [3.63, 3.8) is 0 Å². The van der Waals surface area contributed by atoms with Crippen molar-refractivity contribution in [1.29, 1.82) is 0 Å². The summed E-state index contributed by atoms with van der Waals surface area (Å²) in [5.41, 5.74) is -0.884. The molecule has 12 nitrogen and oxygen atoms in total. The molecule has 1 aromatic carbocycles. The van der Waals surface area contributed by atoms with Crippen LogP contribution < -0.4 is 24.2 Å². The number of sulfonamides is 1. The molecule has 1 aliphatic heterocycles. The van der Waals surface area contributed by atoms with Gasteiger partial charge >= 0.3 is 0 Å². The number of rotatable bonds is 11. The number of pyridine rings is 1. The zero-order chi connectivity index (χ0) is 30.4. The Bertz CT molecular complexity index is 1560. The number of aromatic nitrogens is 1. The van der Waals surface area contributed by atoms with Gasteiger partial charge in [-0.25, -0.2) is 13.4 Å². The molecule has 14 heteroatoms. The van der Waals surface area contributed by atoms with E-state index in [0.29, 0.717) is 52.2 Å². The number of nitrogens with one attached hydrogen (secondary N) is 2. The lowest BCUT2D eigenvalue weighted by atomic mass is 10.1. The molecule has 2 heterocycles. The monoisotopic (exact) mass is 664 g/mol. The van der Waals surface area contributed by atoms with Crippen molar-refractivity contribution < 1.29 is 37.0 Å². The van der Waals surface area contributed by atoms with Gasteiger partial charge in [-0.1, -0.05) is 6.08 Å². The number of halogens is 1. The first-order valence-corrected chi connectivity index (χ1v) is 16.0. The molecule has 0 radical (unpaired) electrons. The first-order chi connectivity index (χ1) is 19.9. The van der Waals surface area contributed by atoms with Crippen LogP contribution in [0.25, 0.3) is 10.9 Å². The van der Waals surface area contributed by atoms with Crippen molar-refractivity contribution in [2.45, 2.75) is 62.5 Å². The van der Waals surface area contributed by atoms with Crippen LogP contribution >= 0.6 is 15.9 Å². The number of nitrogens with zero attached hydrogens (tertiary/aromatic N) is 2. The minimum Gasteiger partial charge on any atom is -0.495 e. The van der Waals surface area contributed by atoms with Crippen molar-refractivity contribution in [2.75, 3.05) is 20.3 Å². The Balaban J connectivity index is 1.37. The molecule has 1 aromatic heterocycles. The lowest BCUT2D eigenvalue weighted by Crippen LogP contribution is -2.56. The predicted octanol–water partition coefficient (Wildman–Crippen LogP) is 2.44. The first-order valence-electron chi connectivity index (χ1n) is 13.7. The highest BCUT2D eigenvalue weighted by Gasteiger charge is 2.61. The highest BCUT2D eigenvalue weighted by Crippen LogP contribution is 2.45. The van der Waals surface area contributed by atoms with Crippen LogP contribution in [0.3, 0.4) is 0 Å². The SMILES string of the molecule is C=C[C@@H]1C[C@]1(NC(=O)[C@H]1C[C@@H](Oc2cc(OCC)nc3c(Br)c(OC)ccc23)CN1C(C)=O)C(=O)NS(=O)(=O)C1CC1. The molecule has 2 aromatic rings. The molecule has 2 aliphatic carbocycles. The molecule has 42 heavy (non-hydrogen) atoms. The largest absolute Gasteiger partial charge is 0.495 e. The molecule has 4 atom stereocenters. The van der Waals surface area contributed by atoms with Gasteiger partial charge in [-0.3, -0.25) is 19.1 Å². The van der Waals surface area contributed by atoms with Crippen LogP contribution in [0.4, 0.5) is 0 Å². The Morgan fingerprint density at radius 1 is 1.26 bits per heavy atom. The topological polar surface area (TPSA) is 153 Å². The number of carbonyl (C=O) groups excluding carboxylic acids is 3. The Morgan fingerprint density at radius 2 is 2.00 bits per heavy atom. The Hall–Kier alpha value is -3.39. The van der Waals surface area contributed by atoms with E-state index in [1.807, 2.05) is 6.92 Å². The number of benzene rings is 1. The van der Waals surface area contributed by atoms with Crippen LogP contribution in [0.1, 0.15) is 39.5 Å². The van der Waals surface area contributed by atoms with E-state index in [2.05, 4.69) is 37.5 Å². The maximum Gasteiger partial charge on any atom is 0.259 e. The number of hydrogen-bond acceptors (Lipinski definition) is 9. The molecular formula is C28H33BrN4O8S. The second-order valence-electron chi connectivity index (χ2n) is 10.7. The highest BCUT2D eigenvalue weighted by molar-refractivity contribution is 9.10. The molecule has 0 unspecified atom stereocenters. The fraction of sp³-hybridized carbons (Fsp3) is 0.500. The smallest absolute Gasteiger partial charge is 0.259 e. The zero-order valence-corrected chi connectivity index (χ0v) is 25.9. The molecule has 2 saturated carbocycles. The summed E-state index contributed by atoms with van der Waals surface area (Å²) < 4.78 is 45.0. The van der Waals surface area contributed by atoms with E-state index in [1.165, 1.54) is 17.9 Å². The molecular weight excluding hydrogens is 632 g/mol. The lowest BCUT2D eigenvalue weighted by molar-refractivity contribution is -0.138. The van der Waals surface area contributed by atoms with Gasteiger partial charge in [0.25, 0.3) is 5.91 Å². The van der Waals surface area contributed by atoms with Gasteiger partial charge in [0.2, 0.25) is 27.7 Å². The van der Waals surface area contributed by atoms with Gasteiger partial charge in [-0.2, -0.15) is 0 Å². The van der Waals surface area contributed by atoms with Crippen LogP contribution in [-0.2, 0) is 24.4 Å². The summed E-state index contributed by atoms with van der Waals surface area (Å²) in [7, 11) is -2.26. The van der Waals surface area contributed by atoms with E-state index in [4.69, 9.17) is 14.2 Å². The zero-order valence-electron chi connectivity index (χ0n) is 23.5. The minimum absolute atomic E-state index is 0.124. The molecule has 0 bridgehead atoms. The average Bonchev–Trinajstić information content (AvgIpc) is 3.86. The molecule has 226 valence electrons. The maximum absolute atomic E-state index is 13.6. The third-order valence-electron chi connectivity index (χ3n) is 7.85. The molecule has 3 amide bonds. The van der Waals surface area contributed by atoms with Crippen LogP contribution in [0.15, 0.2) is 35.3 Å². The molecule has 3 aliphatic rings. The van der Waals surface area contributed by atoms with Crippen LogP contribution in [0.2, 0.25) is 0 Å². The van der Waals surface area contributed by atoms with Crippen LogP contribution in [0.5, 0.6) is 17.4 Å². The second kappa shape index (κ2) is 11.4. The van der Waals surface area contributed by atoms with Crippen LogP contribution in [-0.4, -0.2) is 79.2 Å². The normalized spacial score (nSPS) is 25.0. The number of likely N-dealkylation sites (tertiary alicyclic amines) is 1. The van der Waals surface area contributed by atoms with Gasteiger partial charge in [-0.05, 0) is 54.2 Å². The van der Waals surface area contributed by atoms with Crippen molar-refractivity contribution in [3.8, 4) is 17.4 Å². The third-order valence-corrected chi connectivity index (χ3v) is 10.4. The van der Waals surface area contributed by atoms with E-state index in [-0.39, 0.29) is 25.3 Å². The van der Waals surface area contributed by atoms with E-state index in [1.54, 1.807) is 25.3 Å². The number of hydrogen-bond donors (Lipinski definition) is 2. The molecule has 5 rings (SSSR count). The highest BCUT2D eigenvalue weighted by atomic mass is 79.9. The van der Waals surface area contributed by atoms with Crippen molar-refractivity contribution in [3.05, 3.63) is 35.3 Å². The van der Waals surface area contributed by atoms with Gasteiger partial charge < -0.3 is 24.4 Å². The number of methoxy groups -OCH3 is 1. The van der Waals surface area contributed by atoms with Gasteiger partial charge in [0.05, 0.1) is 35.5 Å². The predicted molar refractivity (Wildman–Crippen MR) is 157 cm³/mol. The van der Waals surface area contributed by atoms with Crippen molar-refractivity contribution in [1.82, 2.24) is 19.9 Å². The first kappa shape index (κ1) is 30.1. The summed E-state index contributed by atoms with van der Waals surface area (Å²) in [5, 5.41) is 2.83. The van der Waals surface area contributed by atoms with Crippen molar-refractivity contribution >= 4 is 54.6 Å². The average molecular weight is 666 g/mol. The number of fused-ring (bicyclic) bond motifs is 1. The fourth-order valence-corrected chi connectivity index (χ4v) is 7.30. The minimum atomic E-state index is -3.81. The van der Waals surface area contributed by atoms with E-state index in [0.717, 1.165) is 0 Å². The standard InChI is InChI=1S/C28H33BrN4O8S/c1-5-16-13-28(16,27(36)32-42(37,38)18-7-8-18)31-26(35)20-11-17(14-33(20)15(3)34)41-22-12-23(40-6-2)30-25-19(22)9-10-21(39-4)24(25)29/h5,9-10,12,16-18,20H,1,6-8,11,13-14H2,2-4H3,(H,31,35)(H,32,36)/t16-,17-,20-,28-/m1/s1. The molecule has 3 fully saturated rings. The number of carbonyl (C=O) groups is 3. The van der Waals surface area contributed by atoms with Crippen LogP contribution in [0, 0.1) is 5.92 Å². The number of amides is 3. The van der Waals surface area contributed by atoms with Crippen molar-refractivity contribution in [2.24, 2.45) is 5.92 Å². The lowest BCUT2D eigenvalue weighted by Gasteiger charge is -2.25. The summed E-state index contributed by atoms with van der Waals surface area (Å²) in [5.74, 6) is -0.766. The number of ether oxygens (including phenoxy) is 3. The Morgan fingerprint density at radius 3 is 2.60 bits per heavy atom. The summed E-state index contributed by atoms with van der Waals surface area (Å²) in [6, 6.07) is 4.30. The van der Waals surface area contributed by atoms with Gasteiger partial charge in [0, 0.05) is 30.7 Å². The molecule has 2 N–H and O–H groups in total. The third kappa shape index (κ3) is 5.65. The second-order valence-corrected chi connectivity index (χ2v) is 13.5. The van der Waals surface area contributed by atoms with E-state index >= 15 is 0 Å². The van der Waals surface area contributed by atoms with Gasteiger partial charge in [0.1, 0.15) is 29.2 Å². The van der Waals surface area contributed by atoms with E-state index < -0.39 is 50.7 Å². The van der Waals surface area contributed by atoms with Gasteiger partial charge in [0.15, 0.2) is 0 Å². The summed E-state index contributed by atoms with van der Waals surface area (Å²) in [6.07, 6.45) is 2.29. The summed E-state index contributed by atoms with van der Waals surface area (Å²) in [4.78, 5) is 45.3. The van der Waals surface area contributed by atoms with E-state index in [9.17, 15) is 22.8 Å². The molecule has 0 spiro atoms. The summed E-state index contributed by atoms with van der Waals surface area (Å²) >= 11 is 3.54. The summed E-state index contributed by atoms with van der Waals surface area (Å²) in [6.45, 7) is 7.42. The Labute approximate surface area is 252 Å². The molecule has 1 saturated heterocycles. The van der Waals surface area contributed by atoms with Gasteiger partial charge in [-0.15, -0.1) is 6.58 Å². The fourth-order valence-electron chi connectivity index (χ4n) is 5.34. The Kier molecular flexibility index (Phi) is 8.14. The maximum atomic E-state index is 13.6. The quantitative estimate of drug-likeness (QED) is 0.345.